The average molecular weight is 538 g/mol. The summed E-state index contributed by atoms with van der Waals surface area (Å²) in [6.07, 6.45) is 3.74. The quantitative estimate of drug-likeness (QED) is 0.314. The van der Waals surface area contributed by atoms with Gasteiger partial charge in [0.1, 0.15) is 17.7 Å². The van der Waals surface area contributed by atoms with Gasteiger partial charge in [-0.1, -0.05) is 58.0 Å². The number of aromatic nitrogens is 2. The van der Waals surface area contributed by atoms with Gasteiger partial charge in [0.15, 0.2) is 5.78 Å². The van der Waals surface area contributed by atoms with E-state index in [1.807, 2.05) is 58.0 Å². The summed E-state index contributed by atoms with van der Waals surface area (Å²) in [5.41, 5.74) is 0.227. The minimum atomic E-state index is -0.968. The molecule has 0 saturated carbocycles. The number of ketones is 1. The lowest BCUT2D eigenvalue weighted by Gasteiger charge is -2.27. The zero-order valence-corrected chi connectivity index (χ0v) is 23.3. The lowest BCUT2D eigenvalue weighted by Crippen LogP contribution is -2.57. The topological polar surface area (TPSA) is 143 Å². The molecular weight excluding hydrogens is 498 g/mol. The Morgan fingerprint density at radius 1 is 0.846 bits per heavy atom. The number of hydrogen-bond acceptors (Lipinski definition) is 7. The fourth-order valence-electron chi connectivity index (χ4n) is 4.30. The highest BCUT2D eigenvalue weighted by atomic mass is 16.6. The SMILES string of the molecule is CC(C)C[C@H](NC(=O)c1ccnnc1)C(=O)N[C@@H](Cc1ccccc1)C(=O)N[C@@H](CC(C)C)C(=O)[C@@]1(C)CO1. The third-order valence-electron chi connectivity index (χ3n) is 6.53. The molecule has 0 bridgehead atoms. The Bertz CT molecular complexity index is 1140. The number of carbonyl (C=O) groups is 4. The monoisotopic (exact) mass is 537 g/mol. The highest BCUT2D eigenvalue weighted by molar-refractivity contribution is 5.99. The molecule has 1 aliphatic heterocycles. The Kier molecular flexibility index (Phi) is 10.3. The molecule has 10 heteroatoms. The first-order chi connectivity index (χ1) is 18.5. The number of rotatable bonds is 14. The molecule has 1 aromatic carbocycles. The maximum absolute atomic E-state index is 13.6. The Morgan fingerprint density at radius 2 is 1.44 bits per heavy atom. The first-order valence-corrected chi connectivity index (χ1v) is 13.4. The van der Waals surface area contributed by atoms with Crippen molar-refractivity contribution in [2.75, 3.05) is 6.61 Å². The lowest BCUT2D eigenvalue weighted by molar-refractivity contribution is -0.133. The van der Waals surface area contributed by atoms with Crippen LogP contribution in [0.4, 0.5) is 0 Å². The largest absolute Gasteiger partial charge is 0.361 e. The molecule has 2 heterocycles. The van der Waals surface area contributed by atoms with Gasteiger partial charge in [-0.15, -0.1) is 0 Å². The summed E-state index contributed by atoms with van der Waals surface area (Å²) in [5.74, 6) is -1.36. The maximum atomic E-state index is 13.6. The molecule has 0 spiro atoms. The molecule has 3 rings (SSSR count). The summed E-state index contributed by atoms with van der Waals surface area (Å²) in [6.45, 7) is 9.88. The number of epoxide rings is 1. The number of amides is 3. The molecule has 3 N–H and O–H groups in total. The molecule has 4 atom stereocenters. The van der Waals surface area contributed by atoms with Crippen molar-refractivity contribution < 1.29 is 23.9 Å². The van der Waals surface area contributed by atoms with Crippen molar-refractivity contribution in [1.82, 2.24) is 26.1 Å². The van der Waals surface area contributed by atoms with Gasteiger partial charge in [-0.25, -0.2) is 0 Å². The molecule has 0 radical (unpaired) electrons. The predicted octanol–water partition coefficient (Wildman–Crippen LogP) is 2.24. The minimum Gasteiger partial charge on any atom is -0.361 e. The second-order valence-corrected chi connectivity index (χ2v) is 11.1. The summed E-state index contributed by atoms with van der Waals surface area (Å²) in [5, 5.41) is 15.9. The Morgan fingerprint density at radius 3 is 2.00 bits per heavy atom. The molecule has 2 aromatic rings. The average Bonchev–Trinajstić information content (AvgIpc) is 3.65. The number of nitrogens with one attached hydrogen (secondary N) is 3. The first-order valence-electron chi connectivity index (χ1n) is 13.4. The molecule has 210 valence electrons. The van der Waals surface area contributed by atoms with Crippen LogP contribution in [0.25, 0.3) is 0 Å². The zero-order valence-electron chi connectivity index (χ0n) is 23.3. The van der Waals surface area contributed by atoms with Crippen molar-refractivity contribution in [2.24, 2.45) is 11.8 Å². The maximum Gasteiger partial charge on any atom is 0.253 e. The van der Waals surface area contributed by atoms with Crippen molar-refractivity contribution in [3.8, 4) is 0 Å². The normalized spacial score (nSPS) is 18.6. The van der Waals surface area contributed by atoms with E-state index in [0.29, 0.717) is 19.4 Å². The summed E-state index contributed by atoms with van der Waals surface area (Å²) in [4.78, 5) is 53.0. The van der Waals surface area contributed by atoms with Gasteiger partial charge in [0, 0.05) is 6.42 Å². The Balaban J connectivity index is 1.80. The number of benzene rings is 1. The zero-order chi connectivity index (χ0) is 28.6. The van der Waals surface area contributed by atoms with Crippen LogP contribution >= 0.6 is 0 Å². The van der Waals surface area contributed by atoms with Crippen LogP contribution in [0.2, 0.25) is 0 Å². The number of ether oxygens (including phenoxy) is 1. The third kappa shape index (κ3) is 8.95. The van der Waals surface area contributed by atoms with E-state index >= 15 is 0 Å². The van der Waals surface area contributed by atoms with E-state index in [0.717, 1.165) is 5.56 Å². The Labute approximate surface area is 229 Å². The van der Waals surface area contributed by atoms with Gasteiger partial charge in [0.25, 0.3) is 5.91 Å². The van der Waals surface area contributed by atoms with Crippen LogP contribution in [0.1, 0.15) is 63.4 Å². The second kappa shape index (κ2) is 13.4. The van der Waals surface area contributed by atoms with Crippen LogP contribution < -0.4 is 16.0 Å². The van der Waals surface area contributed by atoms with Gasteiger partial charge in [0.05, 0.1) is 30.6 Å². The summed E-state index contributed by atoms with van der Waals surface area (Å²) in [6, 6.07) is 8.22. The van der Waals surface area contributed by atoms with Gasteiger partial charge in [-0.05, 0) is 43.2 Å². The van der Waals surface area contributed by atoms with E-state index in [9.17, 15) is 19.2 Å². The smallest absolute Gasteiger partial charge is 0.253 e. The molecule has 10 nitrogen and oxygen atoms in total. The van der Waals surface area contributed by atoms with Gasteiger partial charge in [-0.3, -0.25) is 19.2 Å². The highest BCUT2D eigenvalue weighted by Gasteiger charge is 2.50. The Hall–Kier alpha value is -3.66. The van der Waals surface area contributed by atoms with E-state index in [-0.39, 0.29) is 29.6 Å². The van der Waals surface area contributed by atoms with Gasteiger partial charge in [-0.2, -0.15) is 10.2 Å². The number of hydrogen-bond donors (Lipinski definition) is 3. The summed E-state index contributed by atoms with van der Waals surface area (Å²) < 4.78 is 5.35. The number of carbonyl (C=O) groups excluding carboxylic acids is 4. The fraction of sp³-hybridized carbons (Fsp3) is 0.517. The van der Waals surface area contributed by atoms with Crippen LogP contribution in [0.5, 0.6) is 0 Å². The summed E-state index contributed by atoms with van der Waals surface area (Å²) >= 11 is 0. The van der Waals surface area contributed by atoms with Crippen molar-refractivity contribution >= 4 is 23.5 Å². The molecule has 39 heavy (non-hydrogen) atoms. The number of Topliss-reactive ketones (excluding diaryl/α,β-unsaturated/α-hetero) is 1. The molecule has 3 amide bonds. The lowest BCUT2D eigenvalue weighted by atomic mass is 9.93. The molecule has 0 aliphatic carbocycles. The van der Waals surface area contributed by atoms with Crippen molar-refractivity contribution in [3.63, 3.8) is 0 Å². The van der Waals surface area contributed by atoms with Crippen molar-refractivity contribution in [1.29, 1.82) is 0 Å². The van der Waals surface area contributed by atoms with E-state index in [4.69, 9.17) is 4.74 Å². The fourth-order valence-corrected chi connectivity index (χ4v) is 4.30. The van der Waals surface area contributed by atoms with Gasteiger partial charge < -0.3 is 20.7 Å². The molecule has 1 aromatic heterocycles. The summed E-state index contributed by atoms with van der Waals surface area (Å²) in [7, 11) is 0. The van der Waals surface area contributed by atoms with E-state index in [1.54, 1.807) is 6.92 Å². The molecule has 1 aliphatic rings. The molecular formula is C29H39N5O5. The van der Waals surface area contributed by atoms with Crippen LogP contribution in [0, 0.1) is 11.8 Å². The van der Waals surface area contributed by atoms with Crippen LogP contribution in [-0.2, 0) is 25.5 Å². The molecule has 0 unspecified atom stereocenters. The second-order valence-electron chi connectivity index (χ2n) is 11.1. The van der Waals surface area contributed by atoms with Gasteiger partial charge in [0.2, 0.25) is 11.8 Å². The first kappa shape index (κ1) is 29.9. The van der Waals surface area contributed by atoms with Crippen LogP contribution in [-0.4, -0.2) is 64.0 Å². The van der Waals surface area contributed by atoms with Crippen LogP contribution in [0.15, 0.2) is 48.8 Å². The van der Waals surface area contributed by atoms with Crippen LogP contribution in [0.3, 0.4) is 0 Å². The number of nitrogens with zero attached hydrogens (tertiary/aromatic N) is 2. The standard InChI is InChI=1S/C29H39N5O5/c1-18(2)13-22(25(35)29(5)17-39-29)32-28(38)24(15-20-9-7-6-8-10-20)34-27(37)23(14-19(3)4)33-26(36)21-11-12-30-31-16-21/h6-12,16,18-19,22-24H,13-15,17H2,1-5H3,(H,32,38)(H,33,36)(H,34,37)/t22-,23-,24-,29+/m0/s1. The van der Waals surface area contributed by atoms with E-state index < -0.39 is 41.4 Å². The van der Waals surface area contributed by atoms with E-state index in [2.05, 4.69) is 26.1 Å². The minimum absolute atomic E-state index is 0.0883. The van der Waals surface area contributed by atoms with Gasteiger partial charge >= 0.3 is 0 Å². The molecule has 1 fully saturated rings. The highest BCUT2D eigenvalue weighted by Crippen LogP contribution is 2.29. The van der Waals surface area contributed by atoms with E-state index in [1.165, 1.54) is 18.5 Å². The van der Waals surface area contributed by atoms with Crippen molar-refractivity contribution in [2.45, 2.75) is 77.6 Å². The predicted molar refractivity (Wildman–Crippen MR) is 146 cm³/mol. The third-order valence-corrected chi connectivity index (χ3v) is 6.53. The molecule has 1 saturated heterocycles. The van der Waals surface area contributed by atoms with Crippen molar-refractivity contribution in [3.05, 3.63) is 59.9 Å².